The first-order valence-electron chi connectivity index (χ1n) is 10.3. The summed E-state index contributed by atoms with van der Waals surface area (Å²) in [6.07, 6.45) is 0.179. The van der Waals surface area contributed by atoms with E-state index in [0.717, 1.165) is 16.3 Å². The number of benzene rings is 3. The van der Waals surface area contributed by atoms with Crippen molar-refractivity contribution in [2.75, 3.05) is 11.9 Å². The van der Waals surface area contributed by atoms with Gasteiger partial charge in [-0.15, -0.1) is 0 Å². The monoisotopic (exact) mass is 433 g/mol. The molecule has 0 saturated heterocycles. The van der Waals surface area contributed by atoms with Crippen LogP contribution < -0.4 is 22.1 Å². The molecule has 166 valence electrons. The highest BCUT2D eigenvalue weighted by molar-refractivity contribution is 5.98. The summed E-state index contributed by atoms with van der Waals surface area (Å²) in [4.78, 5) is 29.2. The minimum atomic E-state index is -0.807. The molecule has 0 heterocycles. The number of carbonyl (C=O) groups excluding carboxylic acids is 2. The number of rotatable bonds is 9. The molecule has 0 fully saturated rings. The van der Waals surface area contributed by atoms with Gasteiger partial charge in [-0.1, -0.05) is 60.7 Å². The molecule has 8 nitrogen and oxygen atoms in total. The minimum Gasteiger partial charge on any atom is -0.445 e. The molecule has 3 rings (SSSR count). The number of hydrogen-bond acceptors (Lipinski definition) is 4. The summed E-state index contributed by atoms with van der Waals surface area (Å²) >= 11 is 0. The van der Waals surface area contributed by atoms with Crippen LogP contribution in [0.1, 0.15) is 18.4 Å². The van der Waals surface area contributed by atoms with E-state index in [1.165, 1.54) is 0 Å². The topological polar surface area (TPSA) is 132 Å². The van der Waals surface area contributed by atoms with E-state index in [1.807, 2.05) is 72.8 Å². The summed E-state index contributed by atoms with van der Waals surface area (Å²) in [6, 6.07) is 22.0. The molecule has 8 heteroatoms. The second-order valence-corrected chi connectivity index (χ2v) is 7.26. The minimum absolute atomic E-state index is 0.0163. The third-order valence-corrected chi connectivity index (χ3v) is 4.78. The lowest BCUT2D eigenvalue weighted by molar-refractivity contribution is -0.118. The molecular formula is C24H27N5O3. The van der Waals surface area contributed by atoms with Crippen LogP contribution in [0.5, 0.6) is 0 Å². The van der Waals surface area contributed by atoms with Crippen molar-refractivity contribution in [3.05, 3.63) is 78.4 Å². The first-order valence-corrected chi connectivity index (χ1v) is 10.3. The molecule has 1 atom stereocenters. The number of amides is 2. The number of carbonyl (C=O) groups is 2. The predicted octanol–water partition coefficient (Wildman–Crippen LogP) is 3.13. The van der Waals surface area contributed by atoms with Gasteiger partial charge < -0.3 is 26.8 Å². The van der Waals surface area contributed by atoms with Crippen LogP contribution in [0.4, 0.5) is 10.5 Å². The Kier molecular flexibility index (Phi) is 8.02. The van der Waals surface area contributed by atoms with Gasteiger partial charge in [0.2, 0.25) is 5.91 Å². The van der Waals surface area contributed by atoms with Crippen LogP contribution >= 0.6 is 0 Å². The number of ether oxygens (including phenoxy) is 1. The Bertz CT molecular complexity index is 1080. The van der Waals surface area contributed by atoms with Gasteiger partial charge >= 0.3 is 6.09 Å². The van der Waals surface area contributed by atoms with Crippen LogP contribution in [0.2, 0.25) is 0 Å². The molecule has 0 saturated carbocycles. The molecule has 32 heavy (non-hydrogen) atoms. The van der Waals surface area contributed by atoms with Crippen molar-refractivity contribution in [1.82, 2.24) is 5.32 Å². The van der Waals surface area contributed by atoms with Crippen molar-refractivity contribution < 1.29 is 14.3 Å². The standard InChI is InChI=1S/C24H27N5O3/c25-23(26)27-14-6-11-21(29-24(31)32-16-17-7-2-1-3-8-17)22(30)28-20-13-12-18-9-4-5-10-19(18)15-20/h1-5,7-10,12-13,15,21H,6,11,14,16H2,(H,28,30)(H,29,31)(H4,25,26,27). The van der Waals surface area contributed by atoms with Crippen LogP contribution in [0, 0.1) is 0 Å². The lowest BCUT2D eigenvalue weighted by atomic mass is 10.1. The van der Waals surface area contributed by atoms with Crippen LogP contribution in [-0.2, 0) is 16.1 Å². The predicted molar refractivity (Wildman–Crippen MR) is 126 cm³/mol. The Balaban J connectivity index is 1.63. The van der Waals surface area contributed by atoms with Crippen LogP contribution in [-0.4, -0.2) is 30.5 Å². The number of nitrogens with zero attached hydrogens (tertiary/aromatic N) is 1. The molecule has 0 aromatic heterocycles. The quantitative estimate of drug-likeness (QED) is 0.234. The average Bonchev–Trinajstić information content (AvgIpc) is 2.80. The molecule has 0 aliphatic heterocycles. The fraction of sp³-hybridized carbons (Fsp3) is 0.208. The van der Waals surface area contributed by atoms with Crippen molar-refractivity contribution in [3.8, 4) is 0 Å². The molecular weight excluding hydrogens is 406 g/mol. The lowest BCUT2D eigenvalue weighted by Crippen LogP contribution is -2.44. The maximum Gasteiger partial charge on any atom is 0.408 e. The Morgan fingerprint density at radius 3 is 2.41 bits per heavy atom. The van der Waals surface area contributed by atoms with E-state index >= 15 is 0 Å². The molecule has 2 amide bonds. The zero-order chi connectivity index (χ0) is 22.8. The number of alkyl carbamates (subject to hydrolysis) is 1. The summed E-state index contributed by atoms with van der Waals surface area (Å²) < 4.78 is 5.26. The van der Waals surface area contributed by atoms with Crippen molar-refractivity contribution in [2.45, 2.75) is 25.5 Å². The van der Waals surface area contributed by atoms with E-state index in [1.54, 1.807) is 0 Å². The van der Waals surface area contributed by atoms with Crippen molar-refractivity contribution >= 4 is 34.4 Å². The van der Waals surface area contributed by atoms with E-state index in [4.69, 9.17) is 16.2 Å². The first-order chi connectivity index (χ1) is 15.5. The first kappa shape index (κ1) is 22.6. The maximum absolute atomic E-state index is 12.9. The molecule has 3 aromatic carbocycles. The average molecular weight is 434 g/mol. The highest BCUT2D eigenvalue weighted by Crippen LogP contribution is 2.19. The summed E-state index contributed by atoms with van der Waals surface area (Å²) in [6.45, 7) is 0.461. The van der Waals surface area contributed by atoms with E-state index in [0.29, 0.717) is 25.1 Å². The Morgan fingerprint density at radius 2 is 1.66 bits per heavy atom. The summed E-state index contributed by atoms with van der Waals surface area (Å²) in [5.74, 6) is -0.362. The normalized spacial score (nSPS) is 11.4. The molecule has 1 unspecified atom stereocenters. The van der Waals surface area contributed by atoms with Crippen molar-refractivity contribution in [2.24, 2.45) is 16.5 Å². The third kappa shape index (κ3) is 7.02. The molecule has 0 aliphatic carbocycles. The van der Waals surface area contributed by atoms with Gasteiger partial charge in [-0.25, -0.2) is 4.79 Å². The Labute approximate surface area is 186 Å². The molecule has 0 radical (unpaired) electrons. The fourth-order valence-electron chi connectivity index (χ4n) is 3.18. The number of aliphatic imine (C=N–C) groups is 1. The highest BCUT2D eigenvalue weighted by Gasteiger charge is 2.21. The smallest absolute Gasteiger partial charge is 0.408 e. The van der Waals surface area contributed by atoms with Gasteiger partial charge in [0.05, 0.1) is 0 Å². The second-order valence-electron chi connectivity index (χ2n) is 7.26. The molecule has 0 bridgehead atoms. The van der Waals surface area contributed by atoms with Crippen molar-refractivity contribution in [1.29, 1.82) is 0 Å². The van der Waals surface area contributed by atoms with E-state index in [-0.39, 0.29) is 18.5 Å². The van der Waals surface area contributed by atoms with Crippen molar-refractivity contribution in [3.63, 3.8) is 0 Å². The summed E-state index contributed by atoms with van der Waals surface area (Å²) in [7, 11) is 0. The van der Waals surface area contributed by atoms with Gasteiger partial charge in [-0.3, -0.25) is 9.79 Å². The zero-order valence-corrected chi connectivity index (χ0v) is 17.7. The Hall–Kier alpha value is -4.07. The second kappa shape index (κ2) is 11.4. The van der Waals surface area contributed by atoms with Crippen LogP contribution in [0.15, 0.2) is 77.8 Å². The third-order valence-electron chi connectivity index (χ3n) is 4.78. The summed E-state index contributed by atoms with van der Waals surface area (Å²) in [5, 5.41) is 7.59. The van der Waals surface area contributed by atoms with Gasteiger partial charge in [0, 0.05) is 12.2 Å². The number of guanidine groups is 1. The lowest BCUT2D eigenvalue weighted by Gasteiger charge is -2.18. The highest BCUT2D eigenvalue weighted by atomic mass is 16.5. The van der Waals surface area contributed by atoms with Crippen LogP contribution in [0.3, 0.4) is 0 Å². The molecule has 0 spiro atoms. The fourth-order valence-corrected chi connectivity index (χ4v) is 3.18. The van der Waals surface area contributed by atoms with E-state index in [2.05, 4.69) is 15.6 Å². The van der Waals surface area contributed by atoms with Gasteiger partial charge in [0.1, 0.15) is 12.6 Å². The largest absolute Gasteiger partial charge is 0.445 e. The van der Waals surface area contributed by atoms with Gasteiger partial charge in [0.25, 0.3) is 0 Å². The number of hydrogen-bond donors (Lipinski definition) is 4. The molecule has 6 N–H and O–H groups in total. The molecule has 3 aromatic rings. The Morgan fingerprint density at radius 1 is 0.938 bits per heavy atom. The van der Waals surface area contributed by atoms with Crippen LogP contribution in [0.25, 0.3) is 10.8 Å². The number of anilines is 1. The number of nitrogens with two attached hydrogens (primary N) is 2. The van der Waals surface area contributed by atoms with E-state index in [9.17, 15) is 9.59 Å². The zero-order valence-electron chi connectivity index (χ0n) is 17.7. The van der Waals surface area contributed by atoms with E-state index < -0.39 is 12.1 Å². The number of nitrogens with one attached hydrogen (secondary N) is 2. The SMILES string of the molecule is NC(N)=NCCCC(NC(=O)OCc1ccccc1)C(=O)Nc1ccc2ccccc2c1. The van der Waals surface area contributed by atoms with Gasteiger partial charge in [-0.05, 0) is 41.3 Å². The summed E-state index contributed by atoms with van der Waals surface area (Å²) in [5.41, 5.74) is 12.2. The number of fused-ring (bicyclic) bond motifs is 1. The maximum atomic E-state index is 12.9. The van der Waals surface area contributed by atoms with Gasteiger partial charge in [-0.2, -0.15) is 0 Å². The van der Waals surface area contributed by atoms with Gasteiger partial charge in [0.15, 0.2) is 5.96 Å². The molecule has 0 aliphatic rings.